The van der Waals surface area contributed by atoms with Gasteiger partial charge in [-0.15, -0.1) is 0 Å². The van der Waals surface area contributed by atoms with Gasteiger partial charge in [-0.2, -0.15) is 0 Å². The number of benzene rings is 1. The van der Waals surface area contributed by atoms with Crippen molar-refractivity contribution in [3.05, 3.63) is 29.3 Å². The quantitative estimate of drug-likeness (QED) is 0.805. The van der Waals surface area contributed by atoms with Gasteiger partial charge in [-0.3, -0.25) is 29.4 Å². The summed E-state index contributed by atoms with van der Waals surface area (Å²) in [7, 11) is 0. The first-order valence-electron chi connectivity index (χ1n) is 7.63. The summed E-state index contributed by atoms with van der Waals surface area (Å²) in [6.45, 7) is 2.68. The zero-order valence-corrected chi connectivity index (χ0v) is 12.7. The maximum Gasteiger partial charge on any atom is 0.264 e. The average Bonchev–Trinajstić information content (AvgIpc) is 2.78. The van der Waals surface area contributed by atoms with Gasteiger partial charge in [0.25, 0.3) is 11.8 Å². The molecule has 2 heterocycles. The van der Waals surface area contributed by atoms with E-state index >= 15 is 0 Å². The van der Waals surface area contributed by atoms with Crippen LogP contribution >= 0.6 is 0 Å². The van der Waals surface area contributed by atoms with Crippen LogP contribution in [0.15, 0.2) is 18.2 Å². The monoisotopic (exact) mass is 315 g/mol. The predicted molar refractivity (Wildman–Crippen MR) is 81.9 cm³/mol. The molecule has 2 aliphatic heterocycles. The van der Waals surface area contributed by atoms with Crippen LogP contribution in [-0.2, 0) is 9.59 Å². The number of amides is 4. The third kappa shape index (κ3) is 2.48. The summed E-state index contributed by atoms with van der Waals surface area (Å²) < 4.78 is 0. The van der Waals surface area contributed by atoms with Crippen molar-refractivity contribution in [1.82, 2.24) is 10.2 Å². The normalized spacial score (nSPS) is 20.6. The fraction of sp³-hybridized carbons (Fsp3) is 0.375. The van der Waals surface area contributed by atoms with Crippen LogP contribution < -0.4 is 10.6 Å². The van der Waals surface area contributed by atoms with E-state index < -0.39 is 23.8 Å². The van der Waals surface area contributed by atoms with E-state index in [1.807, 2.05) is 6.92 Å². The van der Waals surface area contributed by atoms with Crippen molar-refractivity contribution in [2.75, 3.05) is 11.9 Å². The van der Waals surface area contributed by atoms with Crippen molar-refractivity contribution in [3.63, 3.8) is 0 Å². The largest absolute Gasteiger partial charge is 0.384 e. The summed E-state index contributed by atoms with van der Waals surface area (Å²) in [5.74, 6) is -1.95. The summed E-state index contributed by atoms with van der Waals surface area (Å²) in [5.41, 5.74) is 1.19. The molecule has 1 unspecified atom stereocenters. The van der Waals surface area contributed by atoms with Crippen LogP contribution in [0.3, 0.4) is 0 Å². The summed E-state index contributed by atoms with van der Waals surface area (Å²) in [6, 6.07) is 4.10. The first kappa shape index (κ1) is 15.2. The Bertz CT molecular complexity index is 713. The molecule has 1 atom stereocenters. The second-order valence-electron chi connectivity index (χ2n) is 5.60. The van der Waals surface area contributed by atoms with Gasteiger partial charge in [0.1, 0.15) is 6.04 Å². The van der Waals surface area contributed by atoms with Crippen LogP contribution in [0.25, 0.3) is 0 Å². The minimum atomic E-state index is -0.931. The fourth-order valence-corrected chi connectivity index (χ4v) is 2.92. The number of nitrogens with zero attached hydrogens (tertiary/aromatic N) is 1. The van der Waals surface area contributed by atoms with E-state index in [1.54, 1.807) is 18.2 Å². The van der Waals surface area contributed by atoms with Crippen molar-refractivity contribution >= 4 is 29.3 Å². The third-order valence-electron chi connectivity index (χ3n) is 4.03. The molecule has 2 aliphatic rings. The Balaban J connectivity index is 1.94. The first-order chi connectivity index (χ1) is 11.0. The van der Waals surface area contributed by atoms with Crippen LogP contribution in [0, 0.1) is 0 Å². The van der Waals surface area contributed by atoms with Gasteiger partial charge >= 0.3 is 0 Å². The molecule has 120 valence electrons. The van der Waals surface area contributed by atoms with E-state index in [2.05, 4.69) is 10.6 Å². The van der Waals surface area contributed by atoms with Crippen LogP contribution in [-0.4, -0.2) is 41.1 Å². The van der Waals surface area contributed by atoms with Crippen LogP contribution in [0.4, 0.5) is 5.69 Å². The highest BCUT2D eigenvalue weighted by atomic mass is 16.2. The van der Waals surface area contributed by atoms with Gasteiger partial charge in [-0.05, 0) is 25.0 Å². The number of nitrogens with one attached hydrogen (secondary N) is 2. The molecule has 1 fully saturated rings. The number of rotatable bonds is 4. The molecule has 7 nitrogen and oxygen atoms in total. The third-order valence-corrected chi connectivity index (χ3v) is 4.03. The molecule has 3 rings (SSSR count). The van der Waals surface area contributed by atoms with Crippen molar-refractivity contribution in [2.45, 2.75) is 32.2 Å². The molecule has 0 spiro atoms. The van der Waals surface area contributed by atoms with Gasteiger partial charge in [0.15, 0.2) is 0 Å². The van der Waals surface area contributed by atoms with E-state index in [1.165, 1.54) is 0 Å². The molecule has 1 saturated heterocycles. The minimum absolute atomic E-state index is 0.116. The van der Waals surface area contributed by atoms with E-state index in [4.69, 9.17) is 0 Å². The van der Waals surface area contributed by atoms with Gasteiger partial charge in [0.05, 0.1) is 11.1 Å². The molecular weight excluding hydrogens is 298 g/mol. The topological polar surface area (TPSA) is 95.6 Å². The Kier molecular flexibility index (Phi) is 3.85. The van der Waals surface area contributed by atoms with Crippen molar-refractivity contribution in [2.24, 2.45) is 0 Å². The molecule has 1 aromatic rings. The summed E-state index contributed by atoms with van der Waals surface area (Å²) in [6.07, 6.45) is 1.15. The lowest BCUT2D eigenvalue weighted by atomic mass is 10.0. The second kappa shape index (κ2) is 5.83. The maximum absolute atomic E-state index is 12.7. The number of hydrogen-bond acceptors (Lipinski definition) is 5. The number of carbonyl (C=O) groups excluding carboxylic acids is 4. The molecule has 0 saturated carbocycles. The average molecular weight is 315 g/mol. The molecule has 0 radical (unpaired) electrons. The SMILES string of the molecule is CCCNc1cccc2c1C(=O)N(C1CCC(=O)NC1=O)C2=O. The summed E-state index contributed by atoms with van der Waals surface area (Å²) >= 11 is 0. The maximum atomic E-state index is 12.7. The Morgan fingerprint density at radius 3 is 2.70 bits per heavy atom. The second-order valence-corrected chi connectivity index (χ2v) is 5.60. The molecule has 0 aliphatic carbocycles. The van der Waals surface area contributed by atoms with Gasteiger partial charge in [-0.1, -0.05) is 13.0 Å². The van der Waals surface area contributed by atoms with Crippen molar-refractivity contribution < 1.29 is 19.2 Å². The molecular formula is C16H17N3O4. The van der Waals surface area contributed by atoms with Crippen LogP contribution in [0.1, 0.15) is 46.9 Å². The smallest absolute Gasteiger partial charge is 0.264 e. The lowest BCUT2D eigenvalue weighted by molar-refractivity contribution is -0.136. The van der Waals surface area contributed by atoms with E-state index in [-0.39, 0.29) is 18.7 Å². The number of imide groups is 2. The number of carbonyl (C=O) groups is 4. The first-order valence-corrected chi connectivity index (χ1v) is 7.63. The Hall–Kier alpha value is -2.70. The standard InChI is InChI=1S/C16H17N3O4/c1-2-8-17-10-5-3-4-9-13(10)16(23)19(15(9)22)11-6-7-12(20)18-14(11)21/h3-5,11,17H,2,6-8H2,1H3,(H,18,20,21). The zero-order valence-electron chi connectivity index (χ0n) is 12.7. The van der Waals surface area contributed by atoms with Crippen molar-refractivity contribution in [3.8, 4) is 0 Å². The predicted octanol–water partition coefficient (Wildman–Crippen LogP) is 0.910. The molecule has 0 bridgehead atoms. The highest BCUT2D eigenvalue weighted by molar-refractivity contribution is 6.25. The minimum Gasteiger partial charge on any atom is -0.384 e. The van der Waals surface area contributed by atoms with E-state index in [0.29, 0.717) is 23.4 Å². The van der Waals surface area contributed by atoms with Crippen molar-refractivity contribution in [1.29, 1.82) is 0 Å². The number of anilines is 1. The van der Waals surface area contributed by atoms with E-state index in [0.717, 1.165) is 11.3 Å². The lowest BCUT2D eigenvalue weighted by Crippen LogP contribution is -2.54. The Morgan fingerprint density at radius 2 is 2.00 bits per heavy atom. The van der Waals surface area contributed by atoms with Crippen LogP contribution in [0.5, 0.6) is 0 Å². The van der Waals surface area contributed by atoms with Gasteiger partial charge in [0.2, 0.25) is 11.8 Å². The number of piperidine rings is 1. The molecule has 2 N–H and O–H groups in total. The van der Waals surface area contributed by atoms with Crippen LogP contribution in [0.2, 0.25) is 0 Å². The molecule has 0 aromatic heterocycles. The molecule has 23 heavy (non-hydrogen) atoms. The molecule has 7 heteroatoms. The molecule has 1 aromatic carbocycles. The van der Waals surface area contributed by atoms with E-state index in [9.17, 15) is 19.2 Å². The summed E-state index contributed by atoms with van der Waals surface area (Å²) in [5, 5.41) is 5.32. The number of fused-ring (bicyclic) bond motifs is 1. The zero-order chi connectivity index (χ0) is 16.6. The Morgan fingerprint density at radius 1 is 1.22 bits per heavy atom. The number of hydrogen-bond donors (Lipinski definition) is 2. The summed E-state index contributed by atoms with van der Waals surface area (Å²) in [4.78, 5) is 49.5. The fourth-order valence-electron chi connectivity index (χ4n) is 2.92. The Labute approximate surface area is 133 Å². The van der Waals surface area contributed by atoms with Gasteiger partial charge in [0, 0.05) is 18.7 Å². The van der Waals surface area contributed by atoms with Gasteiger partial charge in [-0.25, -0.2) is 0 Å². The highest BCUT2D eigenvalue weighted by Crippen LogP contribution is 2.32. The molecule has 4 amide bonds. The van der Waals surface area contributed by atoms with Gasteiger partial charge < -0.3 is 5.32 Å². The lowest BCUT2D eigenvalue weighted by Gasteiger charge is -2.27. The highest BCUT2D eigenvalue weighted by Gasteiger charge is 2.45.